The summed E-state index contributed by atoms with van der Waals surface area (Å²) in [7, 11) is 1.87. The molecule has 0 aliphatic heterocycles. The average Bonchev–Trinajstić information content (AvgIpc) is 2.38. The second kappa shape index (κ2) is 5.48. The second-order valence-electron chi connectivity index (χ2n) is 4.39. The summed E-state index contributed by atoms with van der Waals surface area (Å²) < 4.78 is 1.01. The van der Waals surface area contributed by atoms with Crippen molar-refractivity contribution in [2.24, 2.45) is 0 Å². The lowest BCUT2D eigenvalue weighted by atomic mass is 10.1. The molecule has 0 atom stereocenters. The number of anilines is 1. The molecule has 1 heterocycles. The van der Waals surface area contributed by atoms with Crippen molar-refractivity contribution in [1.29, 1.82) is 0 Å². The van der Waals surface area contributed by atoms with Gasteiger partial charge in [0.25, 0.3) is 0 Å². The van der Waals surface area contributed by atoms with Crippen molar-refractivity contribution in [3.63, 3.8) is 0 Å². The third-order valence-corrected chi connectivity index (χ3v) is 3.40. The van der Waals surface area contributed by atoms with Crippen LogP contribution in [0.1, 0.15) is 25.5 Å². The van der Waals surface area contributed by atoms with Gasteiger partial charge in [0.05, 0.1) is 0 Å². The van der Waals surface area contributed by atoms with E-state index in [0.717, 1.165) is 27.4 Å². The van der Waals surface area contributed by atoms with Gasteiger partial charge in [-0.3, -0.25) is 0 Å². The van der Waals surface area contributed by atoms with E-state index in [2.05, 4.69) is 45.1 Å². The molecule has 0 radical (unpaired) electrons. The van der Waals surface area contributed by atoms with Crippen LogP contribution >= 0.6 is 15.9 Å². The molecule has 0 aliphatic rings. The molecule has 1 aromatic carbocycles. The molecule has 1 N–H and O–H groups in total. The van der Waals surface area contributed by atoms with Crippen molar-refractivity contribution < 1.29 is 0 Å². The smallest absolute Gasteiger partial charge is 0.162 e. The van der Waals surface area contributed by atoms with Gasteiger partial charge in [0.1, 0.15) is 5.82 Å². The second-order valence-corrected chi connectivity index (χ2v) is 5.24. The summed E-state index contributed by atoms with van der Waals surface area (Å²) in [4.78, 5) is 9.14. The third kappa shape index (κ3) is 2.70. The first-order valence-electron chi connectivity index (χ1n) is 5.93. The van der Waals surface area contributed by atoms with Gasteiger partial charge < -0.3 is 5.32 Å². The van der Waals surface area contributed by atoms with Crippen LogP contribution in [0.5, 0.6) is 0 Å². The molecule has 94 valence electrons. The van der Waals surface area contributed by atoms with E-state index < -0.39 is 0 Å². The molecule has 3 nitrogen and oxygen atoms in total. The lowest BCUT2D eigenvalue weighted by molar-refractivity contribution is 0.817. The summed E-state index contributed by atoms with van der Waals surface area (Å²) in [6, 6.07) is 9.98. The standard InChI is InChI=1S/C14H16BrN3/c1-9(2)12-8-13(16-3)18-14(17-12)10-6-4-5-7-11(10)15/h4-9H,1-3H3,(H,16,17,18). The Morgan fingerprint density at radius 1 is 1.17 bits per heavy atom. The number of hydrogen-bond donors (Lipinski definition) is 1. The molecule has 2 rings (SSSR count). The maximum absolute atomic E-state index is 4.63. The molecule has 0 fully saturated rings. The molecule has 0 amide bonds. The number of aromatic nitrogens is 2. The van der Waals surface area contributed by atoms with Crippen molar-refractivity contribution >= 4 is 21.7 Å². The largest absolute Gasteiger partial charge is 0.373 e. The van der Waals surface area contributed by atoms with Gasteiger partial charge in [-0.25, -0.2) is 9.97 Å². The highest BCUT2D eigenvalue weighted by molar-refractivity contribution is 9.10. The zero-order valence-electron chi connectivity index (χ0n) is 10.7. The van der Waals surface area contributed by atoms with Gasteiger partial charge in [0.15, 0.2) is 5.82 Å². The molecule has 0 saturated carbocycles. The Labute approximate surface area is 116 Å². The van der Waals surface area contributed by atoms with Crippen LogP contribution in [0.3, 0.4) is 0 Å². The topological polar surface area (TPSA) is 37.8 Å². The lowest BCUT2D eigenvalue weighted by Crippen LogP contribution is -2.02. The number of nitrogens with zero attached hydrogens (tertiary/aromatic N) is 2. The van der Waals surface area contributed by atoms with E-state index in [9.17, 15) is 0 Å². The van der Waals surface area contributed by atoms with Gasteiger partial charge in [0, 0.05) is 28.8 Å². The van der Waals surface area contributed by atoms with E-state index in [1.807, 2.05) is 37.4 Å². The molecular weight excluding hydrogens is 290 g/mol. The minimum Gasteiger partial charge on any atom is -0.373 e. The number of nitrogens with one attached hydrogen (secondary N) is 1. The van der Waals surface area contributed by atoms with Crippen LogP contribution in [0, 0.1) is 0 Å². The van der Waals surface area contributed by atoms with Crippen molar-refractivity contribution in [2.45, 2.75) is 19.8 Å². The lowest BCUT2D eigenvalue weighted by Gasteiger charge is -2.11. The van der Waals surface area contributed by atoms with Crippen LogP contribution < -0.4 is 5.32 Å². The zero-order chi connectivity index (χ0) is 13.1. The number of rotatable bonds is 3. The van der Waals surface area contributed by atoms with E-state index in [0.29, 0.717) is 5.92 Å². The molecule has 2 aromatic rings. The van der Waals surface area contributed by atoms with Gasteiger partial charge in [-0.1, -0.05) is 48.0 Å². The summed E-state index contributed by atoms with van der Waals surface area (Å²) in [5.41, 5.74) is 2.05. The van der Waals surface area contributed by atoms with Crippen molar-refractivity contribution in [3.8, 4) is 11.4 Å². The van der Waals surface area contributed by atoms with Crippen molar-refractivity contribution in [1.82, 2.24) is 9.97 Å². The minimum atomic E-state index is 0.376. The molecule has 0 aliphatic carbocycles. The van der Waals surface area contributed by atoms with Crippen molar-refractivity contribution in [3.05, 3.63) is 40.5 Å². The molecule has 18 heavy (non-hydrogen) atoms. The maximum Gasteiger partial charge on any atom is 0.162 e. The fraction of sp³-hybridized carbons (Fsp3) is 0.286. The molecule has 0 saturated heterocycles. The predicted molar refractivity (Wildman–Crippen MR) is 78.8 cm³/mol. The quantitative estimate of drug-likeness (QED) is 0.929. The Morgan fingerprint density at radius 3 is 2.50 bits per heavy atom. The Hall–Kier alpha value is -1.42. The summed E-state index contributed by atoms with van der Waals surface area (Å²) in [6.45, 7) is 4.26. The van der Waals surface area contributed by atoms with Gasteiger partial charge in [0.2, 0.25) is 0 Å². The van der Waals surface area contributed by atoms with Gasteiger partial charge in [-0.05, 0) is 12.0 Å². The van der Waals surface area contributed by atoms with Crippen LogP contribution in [0.2, 0.25) is 0 Å². The molecule has 0 spiro atoms. The van der Waals surface area contributed by atoms with Crippen LogP contribution in [0.4, 0.5) is 5.82 Å². The molecular formula is C14H16BrN3. The van der Waals surface area contributed by atoms with E-state index in [1.54, 1.807) is 0 Å². The summed E-state index contributed by atoms with van der Waals surface area (Å²) in [5.74, 6) is 1.97. The summed E-state index contributed by atoms with van der Waals surface area (Å²) >= 11 is 3.54. The Kier molecular flexibility index (Phi) is 3.97. The van der Waals surface area contributed by atoms with E-state index >= 15 is 0 Å². The van der Waals surface area contributed by atoms with E-state index in [4.69, 9.17) is 0 Å². The molecule has 1 aromatic heterocycles. The average molecular weight is 306 g/mol. The highest BCUT2D eigenvalue weighted by atomic mass is 79.9. The number of hydrogen-bond acceptors (Lipinski definition) is 3. The number of halogens is 1. The molecule has 0 bridgehead atoms. The maximum atomic E-state index is 4.63. The van der Waals surface area contributed by atoms with Crippen LogP contribution in [0.15, 0.2) is 34.8 Å². The van der Waals surface area contributed by atoms with Gasteiger partial charge in [-0.15, -0.1) is 0 Å². The van der Waals surface area contributed by atoms with Crippen LogP contribution in [0.25, 0.3) is 11.4 Å². The fourth-order valence-corrected chi connectivity index (χ4v) is 2.11. The molecule has 0 unspecified atom stereocenters. The third-order valence-electron chi connectivity index (χ3n) is 2.71. The zero-order valence-corrected chi connectivity index (χ0v) is 12.3. The predicted octanol–water partition coefficient (Wildman–Crippen LogP) is 4.07. The normalized spacial score (nSPS) is 10.7. The monoisotopic (exact) mass is 305 g/mol. The van der Waals surface area contributed by atoms with Crippen molar-refractivity contribution in [2.75, 3.05) is 12.4 Å². The SMILES string of the molecule is CNc1cc(C(C)C)nc(-c2ccccc2Br)n1. The van der Waals surface area contributed by atoms with E-state index in [-0.39, 0.29) is 0 Å². The van der Waals surface area contributed by atoms with Gasteiger partial charge in [-0.2, -0.15) is 0 Å². The van der Waals surface area contributed by atoms with Crippen LogP contribution in [-0.2, 0) is 0 Å². The van der Waals surface area contributed by atoms with E-state index in [1.165, 1.54) is 0 Å². The highest BCUT2D eigenvalue weighted by Crippen LogP contribution is 2.27. The summed E-state index contributed by atoms with van der Waals surface area (Å²) in [5, 5.41) is 3.09. The minimum absolute atomic E-state index is 0.376. The Morgan fingerprint density at radius 2 is 1.89 bits per heavy atom. The molecule has 4 heteroatoms. The Balaban J connectivity index is 2.57. The fourth-order valence-electron chi connectivity index (χ4n) is 1.65. The van der Waals surface area contributed by atoms with Crippen LogP contribution in [-0.4, -0.2) is 17.0 Å². The van der Waals surface area contributed by atoms with Gasteiger partial charge >= 0.3 is 0 Å². The number of benzene rings is 1. The highest BCUT2D eigenvalue weighted by Gasteiger charge is 2.10. The first kappa shape index (κ1) is 13.0. The first-order chi connectivity index (χ1) is 8.61. The Bertz CT molecular complexity index is 552. The first-order valence-corrected chi connectivity index (χ1v) is 6.72. The summed E-state index contributed by atoms with van der Waals surface area (Å²) in [6.07, 6.45) is 0.